The summed E-state index contributed by atoms with van der Waals surface area (Å²) in [6.45, 7) is 7.07. The van der Waals surface area contributed by atoms with Crippen molar-refractivity contribution in [1.82, 2.24) is 5.32 Å². The first-order valence-electron chi connectivity index (χ1n) is 8.36. The van der Waals surface area contributed by atoms with E-state index in [0.717, 1.165) is 12.0 Å². The van der Waals surface area contributed by atoms with Crippen LogP contribution < -0.4 is 5.32 Å². The van der Waals surface area contributed by atoms with E-state index in [4.69, 9.17) is 11.6 Å². The van der Waals surface area contributed by atoms with Crippen molar-refractivity contribution in [3.63, 3.8) is 0 Å². The van der Waals surface area contributed by atoms with Crippen LogP contribution in [-0.2, 0) is 6.42 Å². The van der Waals surface area contributed by atoms with E-state index in [0.29, 0.717) is 22.9 Å². The molecule has 0 radical (unpaired) electrons. The van der Waals surface area contributed by atoms with Gasteiger partial charge in [-0.1, -0.05) is 49.7 Å². The molecule has 2 nitrogen and oxygen atoms in total. The molecule has 0 bridgehead atoms. The second kappa shape index (κ2) is 11.1. The molecular weight excluding hydrogens is 373 g/mol. The molecule has 2 atom stereocenters. The Morgan fingerprint density at radius 1 is 1.08 bits per heavy atom. The zero-order valence-corrected chi connectivity index (χ0v) is 17.3. The molecule has 2 rings (SSSR count). The van der Waals surface area contributed by atoms with E-state index < -0.39 is 6.10 Å². The molecule has 0 heterocycles. The first-order chi connectivity index (χ1) is 11.4. The van der Waals surface area contributed by atoms with Gasteiger partial charge in [0.2, 0.25) is 0 Å². The van der Waals surface area contributed by atoms with Gasteiger partial charge in [0.25, 0.3) is 0 Å². The van der Waals surface area contributed by atoms with E-state index in [9.17, 15) is 5.11 Å². The lowest BCUT2D eigenvalue weighted by atomic mass is 10.1. The predicted octanol–water partition coefficient (Wildman–Crippen LogP) is 5.52. The van der Waals surface area contributed by atoms with Gasteiger partial charge in [0.1, 0.15) is 0 Å². The smallest absolute Gasteiger partial charge is 0.0914 e. The van der Waals surface area contributed by atoms with E-state index in [1.807, 2.05) is 36.0 Å². The fraction of sp³-hybridized carbons (Fsp3) is 0.400. The van der Waals surface area contributed by atoms with Crippen molar-refractivity contribution >= 4 is 35.8 Å². The highest BCUT2D eigenvalue weighted by molar-refractivity contribution is 7.99. The Bertz CT molecular complexity index is 634. The highest BCUT2D eigenvalue weighted by atomic mass is 35.5. The third kappa shape index (κ3) is 8.02. The lowest BCUT2D eigenvalue weighted by molar-refractivity contribution is 0.170. The summed E-state index contributed by atoms with van der Waals surface area (Å²) in [7, 11) is 0. The summed E-state index contributed by atoms with van der Waals surface area (Å²) in [5.41, 5.74) is 2.15. The molecule has 0 aliphatic heterocycles. The third-order valence-corrected chi connectivity index (χ3v) is 4.98. The summed E-state index contributed by atoms with van der Waals surface area (Å²) < 4.78 is 0. The Kier molecular flexibility index (Phi) is 9.91. The molecule has 2 N–H and O–H groups in total. The molecule has 0 saturated carbocycles. The Balaban J connectivity index is 0.00000312. The van der Waals surface area contributed by atoms with Crippen LogP contribution in [0.25, 0.3) is 0 Å². The van der Waals surface area contributed by atoms with Crippen molar-refractivity contribution in [2.45, 2.75) is 49.5 Å². The second-order valence-corrected chi connectivity index (χ2v) is 8.48. The van der Waals surface area contributed by atoms with Gasteiger partial charge in [-0.2, -0.15) is 0 Å². The number of nitrogens with one attached hydrogen (secondary N) is 1. The summed E-state index contributed by atoms with van der Waals surface area (Å²) in [5, 5.41) is 14.9. The van der Waals surface area contributed by atoms with E-state index >= 15 is 0 Å². The zero-order chi connectivity index (χ0) is 17.5. The molecular formula is C20H27Cl2NOS. The van der Waals surface area contributed by atoms with Crippen molar-refractivity contribution in [3.05, 3.63) is 64.7 Å². The standard InChI is InChI=1S/C20H26ClNOS.ClH/c1-14(2)24-19-9-7-16(8-10-19)11-15(3)22-13-20(23)17-5-4-6-18(21)12-17;/h4-10,12,14-15,20,22-23H,11,13H2,1-3H3;1H. The van der Waals surface area contributed by atoms with Crippen LogP contribution in [0.2, 0.25) is 5.02 Å². The average molecular weight is 400 g/mol. The number of hydrogen-bond acceptors (Lipinski definition) is 3. The van der Waals surface area contributed by atoms with Crippen LogP contribution in [0.4, 0.5) is 0 Å². The monoisotopic (exact) mass is 399 g/mol. The molecule has 0 saturated heterocycles. The lowest BCUT2D eigenvalue weighted by Gasteiger charge is -2.18. The lowest BCUT2D eigenvalue weighted by Crippen LogP contribution is -2.32. The maximum absolute atomic E-state index is 10.3. The Morgan fingerprint density at radius 3 is 2.36 bits per heavy atom. The SMILES string of the molecule is CC(Cc1ccc(SC(C)C)cc1)NCC(O)c1cccc(Cl)c1.Cl. The molecule has 5 heteroatoms. The number of rotatable bonds is 8. The van der Waals surface area contributed by atoms with Crippen molar-refractivity contribution < 1.29 is 5.11 Å². The molecule has 2 aromatic rings. The van der Waals surface area contributed by atoms with Gasteiger partial charge in [-0.3, -0.25) is 0 Å². The van der Waals surface area contributed by atoms with Crippen LogP contribution in [0, 0.1) is 0 Å². The number of thioether (sulfide) groups is 1. The zero-order valence-electron chi connectivity index (χ0n) is 14.9. The summed E-state index contributed by atoms with van der Waals surface area (Å²) in [4.78, 5) is 1.31. The number of aliphatic hydroxyl groups is 1. The van der Waals surface area contributed by atoms with Crippen molar-refractivity contribution in [1.29, 1.82) is 0 Å². The predicted molar refractivity (Wildman–Crippen MR) is 112 cm³/mol. The molecule has 0 fully saturated rings. The van der Waals surface area contributed by atoms with Crippen molar-refractivity contribution in [2.75, 3.05) is 6.54 Å². The topological polar surface area (TPSA) is 32.3 Å². The average Bonchev–Trinajstić information content (AvgIpc) is 2.54. The molecule has 0 aliphatic carbocycles. The van der Waals surface area contributed by atoms with Gasteiger partial charge in [0.05, 0.1) is 6.10 Å². The Morgan fingerprint density at radius 2 is 1.76 bits per heavy atom. The maximum Gasteiger partial charge on any atom is 0.0914 e. The van der Waals surface area contributed by atoms with Gasteiger partial charge in [-0.15, -0.1) is 24.2 Å². The van der Waals surface area contributed by atoms with E-state index in [2.05, 4.69) is 50.4 Å². The summed E-state index contributed by atoms with van der Waals surface area (Å²) >= 11 is 7.85. The number of aliphatic hydroxyl groups excluding tert-OH is 1. The van der Waals surface area contributed by atoms with Crippen LogP contribution in [-0.4, -0.2) is 22.9 Å². The van der Waals surface area contributed by atoms with Gasteiger partial charge in [0, 0.05) is 27.8 Å². The summed E-state index contributed by atoms with van der Waals surface area (Å²) in [5.74, 6) is 0. The molecule has 0 aliphatic rings. The molecule has 2 unspecified atom stereocenters. The fourth-order valence-corrected chi connectivity index (χ4v) is 3.58. The molecule has 25 heavy (non-hydrogen) atoms. The summed E-state index contributed by atoms with van der Waals surface area (Å²) in [6.07, 6.45) is 0.394. The maximum atomic E-state index is 10.3. The van der Waals surface area contributed by atoms with Crippen molar-refractivity contribution in [2.24, 2.45) is 0 Å². The van der Waals surface area contributed by atoms with Gasteiger partial charge >= 0.3 is 0 Å². The van der Waals surface area contributed by atoms with E-state index in [-0.39, 0.29) is 12.4 Å². The van der Waals surface area contributed by atoms with Gasteiger partial charge in [-0.25, -0.2) is 0 Å². The van der Waals surface area contributed by atoms with Crippen LogP contribution in [0.3, 0.4) is 0 Å². The minimum Gasteiger partial charge on any atom is -0.387 e. The minimum absolute atomic E-state index is 0. The number of halogens is 2. The first kappa shape index (κ1) is 22.3. The van der Waals surface area contributed by atoms with E-state index in [1.54, 1.807) is 0 Å². The second-order valence-electron chi connectivity index (χ2n) is 6.39. The van der Waals surface area contributed by atoms with Gasteiger partial charge in [0.15, 0.2) is 0 Å². The van der Waals surface area contributed by atoms with Crippen LogP contribution in [0.5, 0.6) is 0 Å². The third-order valence-electron chi connectivity index (χ3n) is 3.73. The summed E-state index contributed by atoms with van der Waals surface area (Å²) in [6, 6.07) is 16.4. The van der Waals surface area contributed by atoms with Gasteiger partial charge in [-0.05, 0) is 48.7 Å². The van der Waals surface area contributed by atoms with Gasteiger partial charge < -0.3 is 10.4 Å². The first-order valence-corrected chi connectivity index (χ1v) is 9.62. The van der Waals surface area contributed by atoms with E-state index in [1.165, 1.54) is 10.5 Å². The molecule has 0 amide bonds. The Labute approximate surface area is 166 Å². The Hall–Kier alpha value is -0.710. The highest BCUT2D eigenvalue weighted by Crippen LogP contribution is 2.23. The fourth-order valence-electron chi connectivity index (χ4n) is 2.55. The minimum atomic E-state index is -0.545. The molecule has 2 aromatic carbocycles. The van der Waals surface area contributed by atoms with Crippen LogP contribution in [0.15, 0.2) is 53.4 Å². The molecule has 138 valence electrons. The van der Waals surface area contributed by atoms with Crippen LogP contribution in [0.1, 0.15) is 38.0 Å². The number of hydrogen-bond donors (Lipinski definition) is 2. The molecule has 0 aromatic heterocycles. The quantitative estimate of drug-likeness (QED) is 0.573. The highest BCUT2D eigenvalue weighted by Gasteiger charge is 2.10. The van der Waals surface area contributed by atoms with Crippen LogP contribution >= 0.6 is 35.8 Å². The normalized spacial score (nSPS) is 13.4. The van der Waals surface area contributed by atoms with Crippen molar-refractivity contribution in [3.8, 4) is 0 Å². The molecule has 0 spiro atoms. The number of benzene rings is 2. The largest absolute Gasteiger partial charge is 0.387 e.